The van der Waals surface area contributed by atoms with Crippen molar-refractivity contribution < 1.29 is 27.4 Å². The molecule has 3 aromatic rings. The Hall–Kier alpha value is -4.38. The Balaban J connectivity index is 1.73. The molecule has 1 aliphatic rings. The van der Waals surface area contributed by atoms with E-state index in [9.17, 15) is 18.0 Å². The van der Waals surface area contributed by atoms with Crippen molar-refractivity contribution in [1.29, 1.82) is 10.8 Å². The van der Waals surface area contributed by atoms with Crippen molar-refractivity contribution in [3.8, 4) is 28.7 Å². The summed E-state index contributed by atoms with van der Waals surface area (Å²) in [5.74, 6) is 5.08. The molecule has 3 aromatic heterocycles. The molecular formula is C24H20F3N7O3S. The van der Waals surface area contributed by atoms with Gasteiger partial charge in [0.15, 0.2) is 16.8 Å². The quantitative estimate of drug-likeness (QED) is 0.234. The molecule has 1 saturated carbocycles. The zero-order chi connectivity index (χ0) is 27.4. The predicted molar refractivity (Wildman–Crippen MR) is 132 cm³/mol. The van der Waals surface area contributed by atoms with E-state index in [-0.39, 0.29) is 51.5 Å². The molecule has 1 amide bonds. The molecule has 0 spiro atoms. The Morgan fingerprint density at radius 3 is 2.61 bits per heavy atom. The Labute approximate surface area is 218 Å². The Bertz CT molecular complexity index is 1470. The third-order valence-corrected chi connectivity index (χ3v) is 5.85. The minimum Gasteiger partial charge on any atom is -0.494 e. The van der Waals surface area contributed by atoms with Crippen molar-refractivity contribution in [2.45, 2.75) is 32.4 Å². The van der Waals surface area contributed by atoms with E-state index in [0.717, 1.165) is 36.4 Å². The van der Waals surface area contributed by atoms with Crippen molar-refractivity contribution in [3.05, 3.63) is 46.5 Å². The van der Waals surface area contributed by atoms with Gasteiger partial charge in [0.2, 0.25) is 5.13 Å². The molecule has 3 heterocycles. The van der Waals surface area contributed by atoms with E-state index < -0.39 is 17.8 Å². The van der Waals surface area contributed by atoms with Crippen LogP contribution in [0.25, 0.3) is 11.1 Å². The number of aromatic nitrogens is 4. The van der Waals surface area contributed by atoms with Gasteiger partial charge in [0.1, 0.15) is 11.4 Å². The maximum Gasteiger partial charge on any atom is 0.433 e. The van der Waals surface area contributed by atoms with E-state index in [1.165, 1.54) is 26.3 Å². The molecular weight excluding hydrogens is 523 g/mol. The second kappa shape index (κ2) is 10.9. The Morgan fingerprint density at radius 2 is 1.95 bits per heavy atom. The molecule has 0 saturated heterocycles. The number of nitrogens with zero attached hydrogens (tertiary/aromatic N) is 4. The molecule has 3 N–H and O–H groups in total. The maximum atomic E-state index is 13.5. The van der Waals surface area contributed by atoms with E-state index in [0.29, 0.717) is 10.9 Å². The van der Waals surface area contributed by atoms with Crippen LogP contribution < -0.4 is 10.1 Å². The fourth-order valence-corrected chi connectivity index (χ4v) is 3.84. The molecule has 38 heavy (non-hydrogen) atoms. The van der Waals surface area contributed by atoms with Gasteiger partial charge in [-0.1, -0.05) is 17.3 Å². The molecule has 1 fully saturated rings. The lowest BCUT2D eigenvalue weighted by Crippen LogP contribution is -2.16. The molecule has 0 atom stereocenters. The zero-order valence-corrected chi connectivity index (χ0v) is 20.9. The van der Waals surface area contributed by atoms with Gasteiger partial charge in [-0.3, -0.25) is 25.9 Å². The second-order valence-electron chi connectivity index (χ2n) is 8.16. The van der Waals surface area contributed by atoms with Crippen molar-refractivity contribution in [3.63, 3.8) is 0 Å². The average Bonchev–Trinajstić information content (AvgIpc) is 3.58. The zero-order valence-electron chi connectivity index (χ0n) is 20.1. The third-order valence-electron chi connectivity index (χ3n) is 5.10. The van der Waals surface area contributed by atoms with Crippen LogP contribution in [-0.4, -0.2) is 45.0 Å². The largest absolute Gasteiger partial charge is 0.494 e. The second-order valence-corrected chi connectivity index (χ2v) is 9.13. The number of amides is 1. The van der Waals surface area contributed by atoms with Crippen molar-refractivity contribution in [1.82, 2.24) is 20.2 Å². The number of carbonyl (C=O) groups is 1. The molecule has 10 nitrogen and oxygen atoms in total. The number of halogens is 3. The number of carbonyl (C=O) groups excluding carboxylic acids is 1. The van der Waals surface area contributed by atoms with E-state index in [4.69, 9.17) is 20.3 Å². The summed E-state index contributed by atoms with van der Waals surface area (Å²) in [4.78, 5) is 20.8. The predicted octanol–water partition coefficient (Wildman–Crippen LogP) is 4.57. The fraction of sp³-hybridized carbons (Fsp3) is 0.292. The monoisotopic (exact) mass is 543 g/mol. The number of methoxy groups -OCH3 is 1. The van der Waals surface area contributed by atoms with Crippen LogP contribution >= 0.6 is 11.3 Å². The van der Waals surface area contributed by atoms with Gasteiger partial charge in [0.25, 0.3) is 5.91 Å². The van der Waals surface area contributed by atoms with E-state index >= 15 is 0 Å². The molecule has 0 aliphatic heterocycles. The first-order valence-corrected chi connectivity index (χ1v) is 11.9. The van der Waals surface area contributed by atoms with Gasteiger partial charge in [0.05, 0.1) is 31.0 Å². The van der Waals surface area contributed by atoms with Crippen molar-refractivity contribution in [2.24, 2.45) is 5.92 Å². The number of pyridine rings is 2. The van der Waals surface area contributed by atoms with Crippen LogP contribution in [0, 0.1) is 28.6 Å². The van der Waals surface area contributed by atoms with Gasteiger partial charge in [-0.05, 0) is 30.9 Å². The van der Waals surface area contributed by atoms with Crippen LogP contribution in [0.2, 0.25) is 0 Å². The lowest BCUT2D eigenvalue weighted by atomic mass is 9.98. The van der Waals surface area contributed by atoms with Gasteiger partial charge < -0.3 is 9.47 Å². The summed E-state index contributed by atoms with van der Waals surface area (Å²) in [5.41, 5.74) is -1.06. The highest BCUT2D eigenvalue weighted by atomic mass is 32.1. The highest BCUT2D eigenvalue weighted by molar-refractivity contribution is 7.15. The lowest BCUT2D eigenvalue weighted by Gasteiger charge is -2.16. The van der Waals surface area contributed by atoms with Crippen LogP contribution in [0.4, 0.5) is 18.3 Å². The normalized spacial score (nSPS) is 12.8. The highest BCUT2D eigenvalue weighted by Crippen LogP contribution is 2.37. The first-order valence-electron chi connectivity index (χ1n) is 11.1. The van der Waals surface area contributed by atoms with Gasteiger partial charge in [-0.2, -0.15) is 13.2 Å². The molecule has 14 heteroatoms. The molecule has 0 bridgehead atoms. The molecule has 4 rings (SSSR count). The number of nitrogens with one attached hydrogen (secondary N) is 3. The van der Waals surface area contributed by atoms with Gasteiger partial charge in [-0.25, -0.2) is 4.98 Å². The number of anilines is 1. The van der Waals surface area contributed by atoms with E-state index in [1.54, 1.807) is 0 Å². The number of hydrogen-bond acceptors (Lipinski definition) is 10. The van der Waals surface area contributed by atoms with Crippen molar-refractivity contribution in [2.75, 3.05) is 12.4 Å². The molecule has 1 aliphatic carbocycles. The first-order chi connectivity index (χ1) is 18.0. The average molecular weight is 544 g/mol. The van der Waals surface area contributed by atoms with Crippen LogP contribution in [0.1, 0.15) is 46.5 Å². The summed E-state index contributed by atoms with van der Waals surface area (Å²) in [7, 11) is 1.26. The maximum absolute atomic E-state index is 13.5. The van der Waals surface area contributed by atoms with Crippen molar-refractivity contribution >= 4 is 34.2 Å². The number of ether oxygens (including phenoxy) is 2. The molecule has 0 aromatic carbocycles. The molecule has 0 radical (unpaired) electrons. The smallest absolute Gasteiger partial charge is 0.433 e. The molecule has 196 valence electrons. The van der Waals surface area contributed by atoms with Gasteiger partial charge >= 0.3 is 6.18 Å². The van der Waals surface area contributed by atoms with Crippen LogP contribution in [0.3, 0.4) is 0 Å². The standard InChI is InChI=1S/C24H20F3N7O3S/c1-12(28)37-20(29)8-14-7-15(16-9-19(24(25,26)27)31-11-18(16)36-2)17(10-30-14)22(35)32-23-34-33-21(38-23)6-5-13-3-4-13/h7,9-11,13,28-29H,3-4,8H2,1-2H3,(H,32,34,35). The van der Waals surface area contributed by atoms with Crippen LogP contribution in [0.5, 0.6) is 5.75 Å². The first kappa shape index (κ1) is 26.7. The summed E-state index contributed by atoms with van der Waals surface area (Å²) in [6, 6.07) is 2.13. The van der Waals surface area contributed by atoms with Gasteiger partial charge in [-0.15, -0.1) is 10.2 Å². The van der Waals surface area contributed by atoms with Crippen LogP contribution in [0.15, 0.2) is 24.5 Å². The molecule has 0 unspecified atom stereocenters. The lowest BCUT2D eigenvalue weighted by molar-refractivity contribution is -0.141. The fourth-order valence-electron chi connectivity index (χ4n) is 3.24. The summed E-state index contributed by atoms with van der Waals surface area (Å²) in [6.07, 6.45) is -0.749. The Morgan fingerprint density at radius 1 is 1.18 bits per heavy atom. The number of rotatable bonds is 6. The highest BCUT2D eigenvalue weighted by Gasteiger charge is 2.34. The Kier molecular flexibility index (Phi) is 7.67. The SMILES string of the molecule is COc1cnc(C(F)(F)F)cc1-c1cc(CC(=N)OC(C)=N)ncc1C(=O)Nc1nnc(C#CC2CC2)s1. The summed E-state index contributed by atoms with van der Waals surface area (Å²) in [5, 5.41) is 26.3. The van der Waals surface area contributed by atoms with Gasteiger partial charge in [0, 0.05) is 30.2 Å². The number of alkyl halides is 3. The number of hydrogen-bond donors (Lipinski definition) is 3. The minimum absolute atomic E-state index is 0.0144. The van der Waals surface area contributed by atoms with Crippen LogP contribution in [-0.2, 0) is 17.3 Å². The summed E-state index contributed by atoms with van der Waals surface area (Å²) >= 11 is 1.06. The summed E-state index contributed by atoms with van der Waals surface area (Å²) < 4.78 is 50.6. The third kappa shape index (κ3) is 6.68. The minimum atomic E-state index is -4.75. The topological polar surface area (TPSA) is 147 Å². The van der Waals surface area contributed by atoms with E-state index in [2.05, 4.69) is 37.3 Å². The summed E-state index contributed by atoms with van der Waals surface area (Å²) in [6.45, 7) is 1.34. The van der Waals surface area contributed by atoms with E-state index in [1.807, 2.05) is 0 Å².